The molecule has 2 aromatic rings. The maximum absolute atomic E-state index is 12.6. The predicted octanol–water partition coefficient (Wildman–Crippen LogP) is 3.61. The third kappa shape index (κ3) is 4.32. The van der Waals surface area contributed by atoms with Gasteiger partial charge in [0.1, 0.15) is 18.4 Å². The van der Waals surface area contributed by atoms with E-state index in [1.165, 1.54) is 0 Å². The van der Waals surface area contributed by atoms with Crippen molar-refractivity contribution in [3.63, 3.8) is 0 Å². The van der Waals surface area contributed by atoms with Gasteiger partial charge in [-0.2, -0.15) is 11.8 Å². The van der Waals surface area contributed by atoms with Crippen LogP contribution < -0.4 is 15.0 Å². The number of nitrogens with zero attached hydrogens (tertiary/aromatic N) is 1. The third-order valence-electron chi connectivity index (χ3n) is 3.97. The first-order valence-electron chi connectivity index (χ1n) is 8.09. The van der Waals surface area contributed by atoms with Crippen molar-refractivity contribution in [3.05, 3.63) is 60.2 Å². The first-order chi connectivity index (χ1) is 12.2. The van der Waals surface area contributed by atoms with Gasteiger partial charge in [-0.3, -0.25) is 9.69 Å². The number of thiocarbonyl (C=S) groups is 1. The van der Waals surface area contributed by atoms with Crippen molar-refractivity contribution in [2.75, 3.05) is 16.9 Å². The number of thioether (sulfide) groups is 1. The summed E-state index contributed by atoms with van der Waals surface area (Å²) >= 11 is 7.05. The Morgan fingerprint density at radius 2 is 1.88 bits per heavy atom. The van der Waals surface area contributed by atoms with Crippen molar-refractivity contribution in [1.29, 1.82) is 0 Å². The average Bonchev–Trinajstić information content (AvgIpc) is 2.93. The van der Waals surface area contributed by atoms with Crippen LogP contribution in [0.2, 0.25) is 0 Å². The highest BCUT2D eigenvalue weighted by molar-refractivity contribution is 7.98. The fourth-order valence-electron chi connectivity index (χ4n) is 2.64. The number of hydrogen-bond donors (Lipinski definition) is 1. The molecule has 0 aliphatic carbocycles. The highest BCUT2D eigenvalue weighted by Crippen LogP contribution is 2.24. The van der Waals surface area contributed by atoms with E-state index in [-0.39, 0.29) is 11.9 Å². The second-order valence-corrected chi connectivity index (χ2v) is 7.10. The number of anilines is 1. The molecule has 0 radical (unpaired) electrons. The highest BCUT2D eigenvalue weighted by Gasteiger charge is 2.35. The van der Waals surface area contributed by atoms with E-state index in [2.05, 4.69) is 5.32 Å². The first kappa shape index (κ1) is 17.8. The van der Waals surface area contributed by atoms with Crippen molar-refractivity contribution in [2.45, 2.75) is 19.1 Å². The van der Waals surface area contributed by atoms with Gasteiger partial charge in [0, 0.05) is 0 Å². The normalized spacial score (nSPS) is 16.8. The zero-order valence-electron chi connectivity index (χ0n) is 14.0. The van der Waals surface area contributed by atoms with Gasteiger partial charge < -0.3 is 10.1 Å². The lowest BCUT2D eigenvalue weighted by Gasteiger charge is -2.15. The molecule has 1 saturated heterocycles. The van der Waals surface area contributed by atoms with Gasteiger partial charge in [0.15, 0.2) is 5.11 Å². The Kier molecular flexibility index (Phi) is 5.94. The largest absolute Gasteiger partial charge is 0.489 e. The van der Waals surface area contributed by atoms with E-state index in [1.807, 2.05) is 60.9 Å². The summed E-state index contributed by atoms with van der Waals surface area (Å²) in [4.78, 5) is 14.1. The van der Waals surface area contributed by atoms with Gasteiger partial charge in [-0.1, -0.05) is 30.3 Å². The van der Waals surface area contributed by atoms with E-state index < -0.39 is 0 Å². The van der Waals surface area contributed by atoms with Crippen LogP contribution in [0.5, 0.6) is 5.75 Å². The predicted molar refractivity (Wildman–Crippen MR) is 107 cm³/mol. The monoisotopic (exact) mass is 372 g/mol. The lowest BCUT2D eigenvalue weighted by Crippen LogP contribution is -2.31. The van der Waals surface area contributed by atoms with Crippen molar-refractivity contribution < 1.29 is 9.53 Å². The van der Waals surface area contributed by atoms with Crippen LogP contribution in [0.1, 0.15) is 12.0 Å². The number of benzene rings is 2. The smallest absolute Gasteiger partial charge is 0.255 e. The molecule has 6 heteroatoms. The van der Waals surface area contributed by atoms with Gasteiger partial charge in [-0.05, 0) is 60.5 Å². The van der Waals surface area contributed by atoms with E-state index in [0.717, 1.165) is 29.2 Å². The fourth-order valence-corrected chi connectivity index (χ4v) is 3.45. The van der Waals surface area contributed by atoms with Crippen molar-refractivity contribution in [3.8, 4) is 5.75 Å². The number of nitrogens with one attached hydrogen (secondary N) is 1. The highest BCUT2D eigenvalue weighted by atomic mass is 32.2. The Hall–Kier alpha value is -2.05. The summed E-state index contributed by atoms with van der Waals surface area (Å²) in [5.41, 5.74) is 1.88. The van der Waals surface area contributed by atoms with Gasteiger partial charge in [-0.25, -0.2) is 0 Å². The molecule has 0 bridgehead atoms. The molecule has 1 N–H and O–H groups in total. The fraction of sp³-hybridized carbons (Fsp3) is 0.263. The van der Waals surface area contributed by atoms with E-state index >= 15 is 0 Å². The zero-order valence-corrected chi connectivity index (χ0v) is 15.6. The van der Waals surface area contributed by atoms with E-state index in [1.54, 1.807) is 16.7 Å². The minimum Gasteiger partial charge on any atom is -0.489 e. The molecule has 1 aliphatic heterocycles. The third-order valence-corrected chi connectivity index (χ3v) is 4.92. The molecule has 1 amide bonds. The Bertz CT molecular complexity index is 735. The number of rotatable bonds is 7. The zero-order chi connectivity index (χ0) is 17.6. The maximum atomic E-state index is 12.6. The molecule has 4 nitrogen and oxygen atoms in total. The second kappa shape index (κ2) is 8.36. The van der Waals surface area contributed by atoms with Crippen LogP contribution in [0, 0.1) is 0 Å². The molecule has 0 saturated carbocycles. The van der Waals surface area contributed by atoms with Crippen molar-refractivity contribution >= 4 is 40.7 Å². The summed E-state index contributed by atoms with van der Waals surface area (Å²) in [6, 6.07) is 17.2. The minimum absolute atomic E-state index is 0.0111. The van der Waals surface area contributed by atoms with Gasteiger partial charge in [-0.15, -0.1) is 0 Å². The minimum atomic E-state index is -0.228. The molecular formula is C19H20N2O2S2. The molecule has 0 aromatic heterocycles. The Morgan fingerprint density at radius 3 is 2.56 bits per heavy atom. The number of ether oxygens (including phenoxy) is 1. The van der Waals surface area contributed by atoms with Gasteiger partial charge in [0.2, 0.25) is 0 Å². The van der Waals surface area contributed by atoms with Crippen LogP contribution in [0.3, 0.4) is 0 Å². The van der Waals surface area contributed by atoms with Crippen LogP contribution in [0.15, 0.2) is 54.6 Å². The summed E-state index contributed by atoms with van der Waals surface area (Å²) in [5.74, 6) is 1.70. The summed E-state index contributed by atoms with van der Waals surface area (Å²) in [7, 11) is 0. The molecule has 1 fully saturated rings. The first-order valence-corrected chi connectivity index (χ1v) is 9.89. The molecule has 1 aliphatic rings. The molecular weight excluding hydrogens is 352 g/mol. The maximum Gasteiger partial charge on any atom is 0.255 e. The Labute approximate surface area is 157 Å². The summed E-state index contributed by atoms with van der Waals surface area (Å²) in [6.45, 7) is 0.513. The van der Waals surface area contributed by atoms with Gasteiger partial charge in [0.05, 0.1) is 5.69 Å². The van der Waals surface area contributed by atoms with Crippen LogP contribution in [0.4, 0.5) is 5.69 Å². The lowest BCUT2D eigenvalue weighted by atomic mass is 10.2. The molecule has 0 spiro atoms. The average molecular weight is 373 g/mol. The number of carbonyl (C=O) groups is 1. The molecule has 130 valence electrons. The summed E-state index contributed by atoms with van der Waals surface area (Å²) < 4.78 is 5.78. The molecule has 3 rings (SSSR count). The lowest BCUT2D eigenvalue weighted by molar-refractivity contribution is -0.118. The van der Waals surface area contributed by atoms with Crippen molar-refractivity contribution in [2.24, 2.45) is 0 Å². The molecule has 0 unspecified atom stereocenters. The Morgan fingerprint density at radius 1 is 1.16 bits per heavy atom. The Balaban J connectivity index is 1.63. The SMILES string of the molecule is CSCC[C@@H]1NC(=S)N(c2ccc(OCc3ccccc3)cc2)C1=O. The topological polar surface area (TPSA) is 41.6 Å². The van der Waals surface area contributed by atoms with Crippen LogP contribution in [-0.4, -0.2) is 29.1 Å². The molecule has 2 aromatic carbocycles. The molecule has 1 atom stereocenters. The molecule has 1 heterocycles. The number of amides is 1. The van der Waals surface area contributed by atoms with Gasteiger partial charge >= 0.3 is 0 Å². The van der Waals surface area contributed by atoms with E-state index in [9.17, 15) is 4.79 Å². The summed E-state index contributed by atoms with van der Waals surface area (Å²) in [5, 5.41) is 3.58. The molecule has 25 heavy (non-hydrogen) atoms. The standard InChI is InChI=1S/C19H20N2O2S2/c1-25-12-11-17-18(22)21(19(24)20-17)15-7-9-16(10-8-15)23-13-14-5-3-2-4-6-14/h2-10,17H,11-13H2,1H3,(H,20,24)/t17-/m0/s1. The second-order valence-electron chi connectivity index (χ2n) is 5.73. The van der Waals surface area contributed by atoms with Crippen LogP contribution in [0.25, 0.3) is 0 Å². The number of hydrogen-bond acceptors (Lipinski definition) is 4. The van der Waals surface area contributed by atoms with E-state index in [0.29, 0.717) is 11.7 Å². The summed E-state index contributed by atoms with van der Waals surface area (Å²) in [6.07, 6.45) is 2.80. The quantitative estimate of drug-likeness (QED) is 0.752. The van der Waals surface area contributed by atoms with E-state index in [4.69, 9.17) is 17.0 Å². The van der Waals surface area contributed by atoms with Crippen LogP contribution >= 0.6 is 24.0 Å². The van der Waals surface area contributed by atoms with Gasteiger partial charge in [0.25, 0.3) is 5.91 Å². The van der Waals surface area contributed by atoms with Crippen molar-refractivity contribution in [1.82, 2.24) is 5.32 Å². The van der Waals surface area contributed by atoms with Crippen LogP contribution in [-0.2, 0) is 11.4 Å². The number of carbonyl (C=O) groups excluding carboxylic acids is 1.